The summed E-state index contributed by atoms with van der Waals surface area (Å²) in [5.74, 6) is -0.992. The maximum Gasteiger partial charge on any atom is 0.158 e. The molecule has 3 rings (SSSR count). The lowest BCUT2D eigenvalue weighted by Gasteiger charge is -1.91. The predicted molar refractivity (Wildman–Crippen MR) is 57.0 cm³/mol. The fraction of sp³-hybridized carbons (Fsp3) is 0. The second kappa shape index (κ2) is 3.58. The Morgan fingerprint density at radius 1 is 1.12 bits per heavy atom. The van der Waals surface area contributed by atoms with Crippen molar-refractivity contribution in [2.75, 3.05) is 0 Å². The van der Waals surface area contributed by atoms with Gasteiger partial charge < -0.3 is 4.98 Å². The molecule has 0 aliphatic carbocycles. The van der Waals surface area contributed by atoms with Crippen LogP contribution in [0.5, 0.6) is 0 Å². The number of aromatic amines is 1. The first-order chi connectivity index (χ1) is 8.24. The molecular weight excluding hydrogens is 226 g/mol. The molecule has 4 nitrogen and oxygen atoms in total. The highest BCUT2D eigenvalue weighted by atomic mass is 19.1. The number of nitrogens with zero attached hydrogens (tertiary/aromatic N) is 3. The van der Waals surface area contributed by atoms with Gasteiger partial charge in [0, 0.05) is 18.5 Å². The Balaban J connectivity index is 2.24. The molecular formula is C11H6F2N4. The van der Waals surface area contributed by atoms with Gasteiger partial charge in [0.2, 0.25) is 0 Å². The molecule has 0 spiro atoms. The van der Waals surface area contributed by atoms with E-state index in [4.69, 9.17) is 0 Å². The Morgan fingerprint density at radius 3 is 2.76 bits per heavy atom. The summed E-state index contributed by atoms with van der Waals surface area (Å²) in [6, 6.07) is 1.98. The number of hydrogen-bond donors (Lipinski definition) is 1. The van der Waals surface area contributed by atoms with E-state index in [0.29, 0.717) is 17.0 Å². The van der Waals surface area contributed by atoms with E-state index < -0.39 is 11.6 Å². The molecule has 1 aromatic carbocycles. The number of H-pyrrole nitrogens is 1. The Labute approximate surface area is 94.4 Å². The molecule has 0 aliphatic heterocycles. The van der Waals surface area contributed by atoms with E-state index in [-0.39, 0.29) is 5.52 Å². The van der Waals surface area contributed by atoms with Crippen molar-refractivity contribution in [2.45, 2.75) is 0 Å². The van der Waals surface area contributed by atoms with Gasteiger partial charge in [-0.2, -0.15) is 0 Å². The molecule has 0 atom stereocenters. The van der Waals surface area contributed by atoms with E-state index in [1.165, 1.54) is 24.7 Å². The van der Waals surface area contributed by atoms with Gasteiger partial charge in [0.25, 0.3) is 0 Å². The molecule has 6 heteroatoms. The van der Waals surface area contributed by atoms with E-state index in [1.807, 2.05) is 0 Å². The standard InChI is InChI=1S/C11H6F2N4/c12-6-3-7(13)10-8(4-6)16-11(17-10)9-5-14-1-2-15-9/h1-5H,(H,16,17). The fourth-order valence-electron chi connectivity index (χ4n) is 1.58. The number of imidazole rings is 1. The predicted octanol–water partition coefficient (Wildman–Crippen LogP) is 2.30. The molecule has 0 saturated heterocycles. The Morgan fingerprint density at radius 2 is 2.00 bits per heavy atom. The van der Waals surface area contributed by atoms with Crippen molar-refractivity contribution in [3.05, 3.63) is 42.4 Å². The van der Waals surface area contributed by atoms with Crippen LogP contribution < -0.4 is 0 Å². The van der Waals surface area contributed by atoms with Crippen LogP contribution in [0.4, 0.5) is 8.78 Å². The van der Waals surface area contributed by atoms with Crippen LogP contribution in [-0.2, 0) is 0 Å². The summed E-state index contributed by atoms with van der Waals surface area (Å²) >= 11 is 0. The van der Waals surface area contributed by atoms with Crippen molar-refractivity contribution in [1.29, 1.82) is 0 Å². The zero-order valence-corrected chi connectivity index (χ0v) is 8.48. The Kier molecular flexibility index (Phi) is 2.07. The number of hydrogen-bond acceptors (Lipinski definition) is 3. The van der Waals surface area contributed by atoms with Crippen molar-refractivity contribution in [3.8, 4) is 11.5 Å². The fourth-order valence-corrected chi connectivity index (χ4v) is 1.58. The van der Waals surface area contributed by atoms with Crippen molar-refractivity contribution in [2.24, 2.45) is 0 Å². The van der Waals surface area contributed by atoms with E-state index >= 15 is 0 Å². The molecule has 0 unspecified atom stereocenters. The van der Waals surface area contributed by atoms with Gasteiger partial charge in [-0.05, 0) is 6.07 Å². The van der Waals surface area contributed by atoms with Crippen molar-refractivity contribution in [3.63, 3.8) is 0 Å². The summed E-state index contributed by atoms with van der Waals surface area (Å²) in [5, 5.41) is 0. The quantitative estimate of drug-likeness (QED) is 0.700. The van der Waals surface area contributed by atoms with Gasteiger partial charge in [0.05, 0.1) is 11.7 Å². The third kappa shape index (κ3) is 1.63. The first-order valence-electron chi connectivity index (χ1n) is 4.85. The lowest BCUT2D eigenvalue weighted by atomic mass is 10.3. The average Bonchev–Trinajstić information content (AvgIpc) is 2.74. The van der Waals surface area contributed by atoms with Gasteiger partial charge in [-0.1, -0.05) is 0 Å². The molecule has 17 heavy (non-hydrogen) atoms. The number of nitrogens with one attached hydrogen (secondary N) is 1. The molecule has 0 amide bonds. The Bertz CT molecular complexity index is 679. The van der Waals surface area contributed by atoms with Crippen LogP contribution in [0.15, 0.2) is 30.7 Å². The first kappa shape index (κ1) is 9.83. The van der Waals surface area contributed by atoms with Gasteiger partial charge in [0.1, 0.15) is 17.0 Å². The topological polar surface area (TPSA) is 54.5 Å². The molecule has 0 bridgehead atoms. The van der Waals surface area contributed by atoms with E-state index in [9.17, 15) is 8.78 Å². The second-order valence-electron chi connectivity index (χ2n) is 3.46. The monoisotopic (exact) mass is 232 g/mol. The summed E-state index contributed by atoms with van der Waals surface area (Å²) in [7, 11) is 0. The minimum absolute atomic E-state index is 0.0899. The van der Waals surface area contributed by atoms with Gasteiger partial charge in [-0.3, -0.25) is 4.98 Å². The highest BCUT2D eigenvalue weighted by molar-refractivity contribution is 5.79. The third-order valence-corrected chi connectivity index (χ3v) is 2.31. The summed E-state index contributed by atoms with van der Waals surface area (Å²) in [5.41, 5.74) is 0.860. The maximum atomic E-state index is 13.4. The number of benzene rings is 1. The molecule has 0 saturated carbocycles. The molecule has 3 aromatic rings. The van der Waals surface area contributed by atoms with Gasteiger partial charge in [-0.25, -0.2) is 18.7 Å². The zero-order valence-electron chi connectivity index (χ0n) is 8.48. The molecule has 84 valence electrons. The lowest BCUT2D eigenvalue weighted by Crippen LogP contribution is -1.85. The lowest BCUT2D eigenvalue weighted by molar-refractivity contribution is 0.591. The smallest absolute Gasteiger partial charge is 0.158 e. The van der Waals surface area contributed by atoms with Crippen molar-refractivity contribution >= 4 is 11.0 Å². The van der Waals surface area contributed by atoms with Crippen LogP contribution in [0.2, 0.25) is 0 Å². The zero-order chi connectivity index (χ0) is 11.8. The second-order valence-corrected chi connectivity index (χ2v) is 3.46. The van der Waals surface area contributed by atoms with E-state index in [1.54, 1.807) is 0 Å². The summed E-state index contributed by atoms with van der Waals surface area (Å²) < 4.78 is 26.4. The highest BCUT2D eigenvalue weighted by Gasteiger charge is 2.11. The minimum atomic E-state index is -0.702. The summed E-state index contributed by atoms with van der Waals surface area (Å²) in [4.78, 5) is 14.7. The van der Waals surface area contributed by atoms with E-state index in [0.717, 1.165) is 6.07 Å². The Hall–Kier alpha value is -2.37. The highest BCUT2D eigenvalue weighted by Crippen LogP contribution is 2.21. The van der Waals surface area contributed by atoms with Gasteiger partial charge >= 0.3 is 0 Å². The van der Waals surface area contributed by atoms with Crippen LogP contribution >= 0.6 is 0 Å². The van der Waals surface area contributed by atoms with Crippen molar-refractivity contribution < 1.29 is 8.78 Å². The van der Waals surface area contributed by atoms with Crippen LogP contribution in [0.3, 0.4) is 0 Å². The number of fused-ring (bicyclic) bond motifs is 1. The van der Waals surface area contributed by atoms with Gasteiger partial charge in [-0.15, -0.1) is 0 Å². The molecule has 0 radical (unpaired) electrons. The van der Waals surface area contributed by atoms with E-state index in [2.05, 4.69) is 19.9 Å². The van der Waals surface area contributed by atoms with Crippen LogP contribution in [-0.4, -0.2) is 19.9 Å². The van der Waals surface area contributed by atoms with Crippen LogP contribution in [0, 0.1) is 11.6 Å². The number of halogens is 2. The number of rotatable bonds is 1. The molecule has 0 aliphatic rings. The van der Waals surface area contributed by atoms with Gasteiger partial charge in [0.15, 0.2) is 11.6 Å². The number of aromatic nitrogens is 4. The van der Waals surface area contributed by atoms with Crippen LogP contribution in [0.25, 0.3) is 22.6 Å². The minimum Gasteiger partial charge on any atom is -0.336 e. The molecule has 2 aromatic heterocycles. The average molecular weight is 232 g/mol. The molecule has 0 fully saturated rings. The SMILES string of the molecule is Fc1cc(F)c2nc(-c3cnccn3)[nH]c2c1. The van der Waals surface area contributed by atoms with Crippen molar-refractivity contribution in [1.82, 2.24) is 19.9 Å². The normalized spacial score (nSPS) is 10.9. The summed E-state index contributed by atoms with van der Waals surface area (Å²) in [6.45, 7) is 0. The largest absolute Gasteiger partial charge is 0.336 e. The first-order valence-corrected chi connectivity index (χ1v) is 4.85. The molecule has 1 N–H and O–H groups in total. The van der Waals surface area contributed by atoms with Crippen LogP contribution in [0.1, 0.15) is 0 Å². The molecule has 2 heterocycles. The third-order valence-electron chi connectivity index (χ3n) is 2.31. The maximum absolute atomic E-state index is 13.4. The summed E-state index contributed by atoms with van der Waals surface area (Å²) in [6.07, 6.45) is 4.51.